The van der Waals surface area contributed by atoms with Crippen molar-refractivity contribution in [2.24, 2.45) is 0 Å². The molecule has 6 heteroatoms. The summed E-state index contributed by atoms with van der Waals surface area (Å²) in [7, 11) is 0. The van der Waals surface area contributed by atoms with E-state index in [0.717, 1.165) is 5.56 Å². The van der Waals surface area contributed by atoms with E-state index >= 15 is 0 Å². The molecule has 0 bridgehead atoms. The topological polar surface area (TPSA) is 74.1 Å². The number of ether oxygens (including phenoxy) is 1. The van der Waals surface area contributed by atoms with Gasteiger partial charge in [-0.25, -0.2) is 4.79 Å². The van der Waals surface area contributed by atoms with Gasteiger partial charge in [-0.3, -0.25) is 0 Å². The van der Waals surface area contributed by atoms with Gasteiger partial charge in [0.05, 0.1) is 23.4 Å². The van der Waals surface area contributed by atoms with E-state index < -0.39 is 6.03 Å². The maximum absolute atomic E-state index is 12.1. The van der Waals surface area contributed by atoms with Crippen molar-refractivity contribution in [1.29, 1.82) is 5.26 Å². The van der Waals surface area contributed by atoms with Crippen LogP contribution in [0.25, 0.3) is 0 Å². The summed E-state index contributed by atoms with van der Waals surface area (Å²) in [5, 5.41) is 15.1. The van der Waals surface area contributed by atoms with Crippen LogP contribution in [0.5, 0.6) is 5.75 Å². The molecule has 2 rings (SSSR count). The molecule has 0 aliphatic heterocycles. The third-order valence-electron chi connectivity index (χ3n) is 3.12. The van der Waals surface area contributed by atoms with E-state index in [1.54, 1.807) is 24.3 Å². The summed E-state index contributed by atoms with van der Waals surface area (Å²) in [6, 6.07) is 13.8. The first-order valence-corrected chi connectivity index (χ1v) is 7.86. The van der Waals surface area contributed by atoms with Crippen molar-refractivity contribution < 1.29 is 9.53 Å². The van der Waals surface area contributed by atoms with Crippen LogP contribution in [0.3, 0.4) is 0 Å². The fraction of sp³-hybridized carbons (Fsp3) is 0.222. The Bertz CT molecular complexity index is 769. The quantitative estimate of drug-likeness (QED) is 0.849. The van der Waals surface area contributed by atoms with Gasteiger partial charge in [-0.2, -0.15) is 5.26 Å². The first-order chi connectivity index (χ1) is 11.5. The SMILES string of the molecule is CC(C)Oc1ccc(C#N)cc1NC(=O)NCc1ccccc1Cl. The van der Waals surface area contributed by atoms with Gasteiger partial charge in [0.2, 0.25) is 0 Å². The predicted octanol–water partition coefficient (Wildman–Crippen LogP) is 4.32. The first-order valence-electron chi connectivity index (χ1n) is 7.48. The van der Waals surface area contributed by atoms with Crippen molar-refractivity contribution in [2.45, 2.75) is 26.5 Å². The van der Waals surface area contributed by atoms with E-state index in [-0.39, 0.29) is 6.10 Å². The molecule has 0 fully saturated rings. The van der Waals surface area contributed by atoms with Crippen LogP contribution in [0.4, 0.5) is 10.5 Å². The second-order valence-electron chi connectivity index (χ2n) is 5.39. The van der Waals surface area contributed by atoms with Gasteiger partial charge in [-0.1, -0.05) is 29.8 Å². The number of hydrogen-bond donors (Lipinski definition) is 2. The Morgan fingerprint density at radius 1 is 1.29 bits per heavy atom. The molecule has 0 spiro atoms. The second kappa shape index (κ2) is 8.23. The van der Waals surface area contributed by atoms with Crippen LogP contribution >= 0.6 is 11.6 Å². The Balaban J connectivity index is 2.07. The molecule has 0 aliphatic carbocycles. The molecular formula is C18H18ClN3O2. The zero-order valence-electron chi connectivity index (χ0n) is 13.5. The number of anilines is 1. The van der Waals surface area contributed by atoms with Crippen LogP contribution in [0.15, 0.2) is 42.5 Å². The molecule has 0 atom stereocenters. The normalized spacial score (nSPS) is 10.1. The molecular weight excluding hydrogens is 326 g/mol. The Morgan fingerprint density at radius 3 is 2.71 bits per heavy atom. The van der Waals surface area contributed by atoms with Crippen LogP contribution in [0, 0.1) is 11.3 Å². The van der Waals surface area contributed by atoms with Gasteiger partial charge in [0.1, 0.15) is 5.75 Å². The van der Waals surface area contributed by atoms with Crippen molar-refractivity contribution in [2.75, 3.05) is 5.32 Å². The Morgan fingerprint density at radius 2 is 2.04 bits per heavy atom. The molecule has 2 amide bonds. The highest BCUT2D eigenvalue weighted by molar-refractivity contribution is 6.31. The molecule has 24 heavy (non-hydrogen) atoms. The standard InChI is InChI=1S/C18H18ClN3O2/c1-12(2)24-17-8-7-13(10-20)9-16(17)22-18(23)21-11-14-5-3-4-6-15(14)19/h3-9,12H,11H2,1-2H3,(H2,21,22,23). The highest BCUT2D eigenvalue weighted by Crippen LogP contribution is 2.26. The smallest absolute Gasteiger partial charge is 0.319 e. The van der Waals surface area contributed by atoms with Gasteiger partial charge >= 0.3 is 6.03 Å². The second-order valence-corrected chi connectivity index (χ2v) is 5.80. The number of halogens is 1. The molecule has 2 aromatic rings. The number of hydrogen-bond acceptors (Lipinski definition) is 3. The van der Waals surface area contributed by atoms with Crippen molar-refractivity contribution in [3.63, 3.8) is 0 Å². The molecule has 0 radical (unpaired) electrons. The minimum Gasteiger partial charge on any atom is -0.489 e. The van der Waals surface area contributed by atoms with E-state index in [0.29, 0.717) is 28.6 Å². The molecule has 5 nitrogen and oxygen atoms in total. The number of carbonyl (C=O) groups is 1. The van der Waals surface area contributed by atoms with Crippen LogP contribution in [0.1, 0.15) is 25.0 Å². The van der Waals surface area contributed by atoms with Gasteiger partial charge < -0.3 is 15.4 Å². The van der Waals surface area contributed by atoms with Crippen molar-refractivity contribution in [3.05, 3.63) is 58.6 Å². The Labute approximate surface area is 146 Å². The highest BCUT2D eigenvalue weighted by atomic mass is 35.5. The number of amides is 2. The molecule has 0 saturated carbocycles. The van der Waals surface area contributed by atoms with Gasteiger partial charge in [0.25, 0.3) is 0 Å². The number of urea groups is 1. The fourth-order valence-electron chi connectivity index (χ4n) is 2.04. The van der Waals surface area contributed by atoms with Crippen LogP contribution < -0.4 is 15.4 Å². The molecule has 0 aromatic heterocycles. The lowest BCUT2D eigenvalue weighted by molar-refractivity contribution is 0.241. The first kappa shape index (κ1) is 17.6. The van der Waals surface area contributed by atoms with E-state index in [2.05, 4.69) is 10.6 Å². The average molecular weight is 344 g/mol. The summed E-state index contributed by atoms with van der Waals surface area (Å²) >= 11 is 6.06. The molecule has 2 N–H and O–H groups in total. The summed E-state index contributed by atoms with van der Waals surface area (Å²) in [5.74, 6) is 0.511. The number of carbonyl (C=O) groups excluding carboxylic acids is 1. The summed E-state index contributed by atoms with van der Waals surface area (Å²) < 4.78 is 5.65. The number of nitrogens with one attached hydrogen (secondary N) is 2. The van der Waals surface area contributed by atoms with Crippen molar-refractivity contribution in [3.8, 4) is 11.8 Å². The zero-order valence-corrected chi connectivity index (χ0v) is 14.2. The summed E-state index contributed by atoms with van der Waals surface area (Å²) in [4.78, 5) is 12.1. The van der Waals surface area contributed by atoms with E-state index in [1.807, 2.05) is 38.1 Å². The maximum Gasteiger partial charge on any atom is 0.319 e. The maximum atomic E-state index is 12.1. The predicted molar refractivity (Wildman–Crippen MR) is 94.2 cm³/mol. The number of benzene rings is 2. The number of rotatable bonds is 5. The lowest BCUT2D eigenvalue weighted by atomic mass is 10.2. The summed E-state index contributed by atoms with van der Waals surface area (Å²) in [5.41, 5.74) is 1.70. The molecule has 124 valence electrons. The third-order valence-corrected chi connectivity index (χ3v) is 3.49. The van der Waals surface area contributed by atoms with Crippen molar-refractivity contribution >= 4 is 23.3 Å². The Kier molecular flexibility index (Phi) is 6.05. The van der Waals surface area contributed by atoms with E-state index in [1.165, 1.54) is 0 Å². The van der Waals surface area contributed by atoms with Gasteiger partial charge in [0, 0.05) is 11.6 Å². The molecule has 2 aromatic carbocycles. The van der Waals surface area contributed by atoms with Gasteiger partial charge in [-0.15, -0.1) is 0 Å². The molecule has 0 aliphatic rings. The monoisotopic (exact) mass is 343 g/mol. The van der Waals surface area contributed by atoms with E-state index in [9.17, 15) is 4.79 Å². The van der Waals surface area contributed by atoms with Crippen LogP contribution in [-0.2, 0) is 6.54 Å². The fourth-order valence-corrected chi connectivity index (χ4v) is 2.24. The van der Waals surface area contributed by atoms with Gasteiger partial charge in [0.15, 0.2) is 0 Å². The summed E-state index contributed by atoms with van der Waals surface area (Å²) in [6.45, 7) is 4.07. The summed E-state index contributed by atoms with van der Waals surface area (Å²) in [6.07, 6.45) is -0.0512. The number of nitrogens with zero attached hydrogens (tertiary/aromatic N) is 1. The lowest BCUT2D eigenvalue weighted by Gasteiger charge is -2.15. The largest absolute Gasteiger partial charge is 0.489 e. The van der Waals surface area contributed by atoms with E-state index in [4.69, 9.17) is 21.6 Å². The number of nitriles is 1. The zero-order chi connectivity index (χ0) is 17.5. The van der Waals surface area contributed by atoms with Crippen LogP contribution in [0.2, 0.25) is 5.02 Å². The third kappa shape index (κ3) is 4.90. The van der Waals surface area contributed by atoms with Crippen LogP contribution in [-0.4, -0.2) is 12.1 Å². The Hall–Kier alpha value is -2.71. The molecule has 0 saturated heterocycles. The molecule has 0 unspecified atom stereocenters. The molecule has 0 heterocycles. The minimum atomic E-state index is -0.404. The minimum absolute atomic E-state index is 0.0512. The average Bonchev–Trinajstić information content (AvgIpc) is 2.55. The van der Waals surface area contributed by atoms with Crippen molar-refractivity contribution in [1.82, 2.24) is 5.32 Å². The lowest BCUT2D eigenvalue weighted by Crippen LogP contribution is -2.28. The highest BCUT2D eigenvalue weighted by Gasteiger charge is 2.11. The van der Waals surface area contributed by atoms with Gasteiger partial charge in [-0.05, 0) is 43.7 Å².